The first-order valence-corrected chi connectivity index (χ1v) is 15.8. The summed E-state index contributed by atoms with van der Waals surface area (Å²) in [6.07, 6.45) is 3.93. The van der Waals surface area contributed by atoms with Gasteiger partial charge in [0.2, 0.25) is 0 Å². The molecule has 0 unspecified atom stereocenters. The third-order valence-corrected chi connectivity index (χ3v) is 9.36. The van der Waals surface area contributed by atoms with Gasteiger partial charge in [-0.05, 0) is 84.8 Å². The molecule has 0 aromatic heterocycles. The summed E-state index contributed by atoms with van der Waals surface area (Å²) in [5.41, 5.74) is 8.82. The Morgan fingerprint density at radius 1 is 0.930 bits per heavy atom. The molecule has 0 spiro atoms. The highest BCUT2D eigenvalue weighted by Gasteiger charge is 2.29. The van der Waals surface area contributed by atoms with Crippen molar-refractivity contribution in [2.75, 3.05) is 24.5 Å². The summed E-state index contributed by atoms with van der Waals surface area (Å²) in [6, 6.07) is 30.6. The molecular weight excluding hydrogens is 550 g/mol. The molecule has 2 aliphatic rings. The zero-order valence-corrected chi connectivity index (χ0v) is 25.6. The number of fused-ring (bicyclic) bond motifs is 2. The summed E-state index contributed by atoms with van der Waals surface area (Å²) in [5, 5.41) is 3.07. The van der Waals surface area contributed by atoms with E-state index in [1.807, 2.05) is 53.4 Å². The van der Waals surface area contributed by atoms with Gasteiger partial charge in [0.05, 0.1) is 17.1 Å². The summed E-state index contributed by atoms with van der Waals surface area (Å²) < 4.78 is 0. The lowest BCUT2D eigenvalue weighted by atomic mass is 10.00. The first-order valence-electron chi connectivity index (χ1n) is 15.0. The highest BCUT2D eigenvalue weighted by atomic mass is 32.2. The average molecular weight is 588 g/mol. The highest BCUT2D eigenvalue weighted by Crippen LogP contribution is 2.42. The smallest absolute Gasteiger partial charge is 0.265 e. The van der Waals surface area contributed by atoms with Gasteiger partial charge in [0.25, 0.3) is 11.8 Å². The minimum Gasteiger partial charge on any atom is -0.352 e. The van der Waals surface area contributed by atoms with Gasteiger partial charge in [-0.1, -0.05) is 84.1 Å². The number of nitrogens with one attached hydrogen (secondary N) is 1. The summed E-state index contributed by atoms with van der Waals surface area (Å²) in [6.45, 7) is 8.35. The molecule has 4 aromatic carbocycles. The van der Waals surface area contributed by atoms with Crippen molar-refractivity contribution in [2.45, 2.75) is 44.7 Å². The monoisotopic (exact) mass is 587 g/mol. The van der Waals surface area contributed by atoms with Crippen LogP contribution in [0.3, 0.4) is 0 Å². The molecule has 5 nitrogen and oxygen atoms in total. The number of hydrogen-bond donors (Lipinski definition) is 1. The van der Waals surface area contributed by atoms with Gasteiger partial charge in [-0.15, -0.1) is 0 Å². The van der Waals surface area contributed by atoms with Crippen LogP contribution in [0.1, 0.15) is 50.2 Å². The lowest BCUT2D eigenvalue weighted by Gasteiger charge is -2.31. The topological polar surface area (TPSA) is 52.7 Å². The molecule has 0 fully saturated rings. The van der Waals surface area contributed by atoms with Gasteiger partial charge in [-0.2, -0.15) is 0 Å². The van der Waals surface area contributed by atoms with E-state index in [0.717, 1.165) is 54.2 Å². The lowest BCUT2D eigenvalue weighted by Crippen LogP contribution is -2.34. The van der Waals surface area contributed by atoms with Gasteiger partial charge < -0.3 is 10.2 Å². The number of benzene rings is 4. The highest BCUT2D eigenvalue weighted by molar-refractivity contribution is 8.04. The van der Waals surface area contributed by atoms with Crippen LogP contribution in [-0.2, 0) is 24.3 Å². The van der Waals surface area contributed by atoms with E-state index in [0.29, 0.717) is 23.6 Å². The van der Waals surface area contributed by atoms with Gasteiger partial charge in [-0.25, -0.2) is 0 Å². The molecule has 43 heavy (non-hydrogen) atoms. The van der Waals surface area contributed by atoms with Crippen LogP contribution in [0.25, 0.3) is 6.08 Å². The van der Waals surface area contributed by atoms with Crippen molar-refractivity contribution in [1.82, 2.24) is 10.2 Å². The van der Waals surface area contributed by atoms with Gasteiger partial charge in [0.15, 0.2) is 0 Å². The Labute approximate surface area is 258 Å². The maximum Gasteiger partial charge on any atom is 0.265 e. The molecule has 2 heterocycles. The average Bonchev–Trinajstić information content (AvgIpc) is 3.03. The van der Waals surface area contributed by atoms with Gasteiger partial charge in [0.1, 0.15) is 0 Å². The van der Waals surface area contributed by atoms with Crippen LogP contribution in [0.2, 0.25) is 0 Å². The van der Waals surface area contributed by atoms with Crippen LogP contribution >= 0.6 is 11.8 Å². The second kappa shape index (κ2) is 13.0. The minimum absolute atomic E-state index is 0.0105. The van der Waals surface area contributed by atoms with E-state index in [1.165, 1.54) is 34.0 Å². The second-order valence-corrected chi connectivity index (χ2v) is 12.5. The van der Waals surface area contributed by atoms with Crippen LogP contribution in [0.5, 0.6) is 0 Å². The standard InChI is InChI=1S/C37H37N3O2S/c1-26-12-13-27(2)32(22-26)25-40-33-10-5-6-11-34(33)43-35(37(40)42)23-28-14-16-30(17-15-28)36(41)38-19-7-20-39-21-18-29-8-3-4-9-31(29)24-39/h3-6,8-17,22-23H,7,18-21,24-25H2,1-2H3,(H,38,41). The molecule has 1 N–H and O–H groups in total. The first-order chi connectivity index (χ1) is 20.9. The number of anilines is 1. The number of rotatable bonds is 8. The van der Waals surface area contributed by atoms with E-state index < -0.39 is 0 Å². The maximum absolute atomic E-state index is 13.8. The SMILES string of the molecule is Cc1ccc(C)c(CN2C(=O)C(=Cc3ccc(C(=O)NCCCN4CCc5ccccc5C4)cc3)Sc3ccccc32)c1. The molecule has 218 valence electrons. The van der Waals surface area contributed by atoms with Crippen molar-refractivity contribution in [2.24, 2.45) is 0 Å². The van der Waals surface area contributed by atoms with E-state index in [2.05, 4.69) is 72.6 Å². The predicted octanol–water partition coefficient (Wildman–Crippen LogP) is 7.16. The van der Waals surface area contributed by atoms with Crippen molar-refractivity contribution in [3.05, 3.63) is 135 Å². The summed E-state index contributed by atoms with van der Waals surface area (Å²) in [4.78, 5) is 32.6. The Morgan fingerprint density at radius 3 is 2.53 bits per heavy atom. The summed E-state index contributed by atoms with van der Waals surface area (Å²) in [7, 11) is 0. The first kappa shape index (κ1) is 29.0. The molecule has 6 heteroatoms. The molecule has 0 radical (unpaired) electrons. The molecular formula is C37H37N3O2S. The van der Waals surface area contributed by atoms with Gasteiger partial charge in [-0.3, -0.25) is 14.5 Å². The van der Waals surface area contributed by atoms with Crippen LogP contribution in [0.4, 0.5) is 5.69 Å². The Morgan fingerprint density at radius 2 is 1.70 bits per heavy atom. The van der Waals surface area contributed by atoms with E-state index >= 15 is 0 Å². The Kier molecular flexibility index (Phi) is 8.77. The van der Waals surface area contributed by atoms with Crippen molar-refractivity contribution in [3.63, 3.8) is 0 Å². The number of thioether (sulfide) groups is 1. The number of nitrogens with zero attached hydrogens (tertiary/aromatic N) is 2. The molecule has 0 bridgehead atoms. The van der Waals surface area contributed by atoms with Crippen molar-refractivity contribution < 1.29 is 9.59 Å². The summed E-state index contributed by atoms with van der Waals surface area (Å²) in [5.74, 6) is -0.0800. The van der Waals surface area contributed by atoms with Crippen molar-refractivity contribution in [1.29, 1.82) is 0 Å². The third-order valence-electron chi connectivity index (χ3n) is 8.28. The number of para-hydroxylation sites is 1. The van der Waals surface area contributed by atoms with Crippen LogP contribution < -0.4 is 10.2 Å². The molecule has 2 amide bonds. The Hall–Kier alpha value is -4.13. The predicted molar refractivity (Wildman–Crippen MR) is 176 cm³/mol. The summed E-state index contributed by atoms with van der Waals surface area (Å²) >= 11 is 1.50. The van der Waals surface area contributed by atoms with Gasteiger partial charge in [0, 0.05) is 36.6 Å². The minimum atomic E-state index is -0.0695. The number of amides is 2. The molecule has 0 aliphatic carbocycles. The maximum atomic E-state index is 13.8. The molecule has 4 aromatic rings. The molecule has 2 aliphatic heterocycles. The Balaban J connectivity index is 1.08. The normalized spacial score (nSPS) is 15.7. The zero-order valence-electron chi connectivity index (χ0n) is 24.8. The fourth-order valence-corrected chi connectivity index (χ4v) is 6.85. The molecule has 6 rings (SSSR count). The molecule has 0 saturated carbocycles. The number of aryl methyl sites for hydroxylation is 2. The third kappa shape index (κ3) is 6.76. The van der Waals surface area contributed by atoms with E-state index in [4.69, 9.17) is 0 Å². The zero-order chi connectivity index (χ0) is 29.8. The van der Waals surface area contributed by atoms with E-state index in [9.17, 15) is 9.59 Å². The lowest BCUT2D eigenvalue weighted by molar-refractivity contribution is -0.114. The van der Waals surface area contributed by atoms with Gasteiger partial charge >= 0.3 is 0 Å². The second-order valence-electron chi connectivity index (χ2n) is 11.4. The van der Waals surface area contributed by atoms with Crippen LogP contribution in [-0.4, -0.2) is 36.3 Å². The number of carbonyl (C=O) groups is 2. The molecule has 0 saturated heterocycles. The van der Waals surface area contributed by atoms with E-state index in [1.54, 1.807) is 0 Å². The van der Waals surface area contributed by atoms with Crippen molar-refractivity contribution in [3.8, 4) is 0 Å². The Bertz CT molecular complexity index is 1680. The quantitative estimate of drug-likeness (QED) is 0.176. The molecule has 0 atom stereocenters. The van der Waals surface area contributed by atoms with Crippen molar-refractivity contribution >= 4 is 35.3 Å². The van der Waals surface area contributed by atoms with E-state index in [-0.39, 0.29) is 11.8 Å². The largest absolute Gasteiger partial charge is 0.352 e. The van der Waals surface area contributed by atoms with Crippen LogP contribution in [0.15, 0.2) is 101 Å². The fourth-order valence-electron chi connectivity index (χ4n) is 5.79. The number of carbonyl (C=O) groups excluding carboxylic acids is 2. The van der Waals surface area contributed by atoms with Crippen LogP contribution in [0, 0.1) is 13.8 Å². The number of hydrogen-bond acceptors (Lipinski definition) is 4. The fraction of sp³-hybridized carbons (Fsp3) is 0.243.